The molecule has 0 saturated heterocycles. The van der Waals surface area contributed by atoms with Crippen molar-refractivity contribution in [2.45, 2.75) is 0 Å². The van der Waals surface area contributed by atoms with Crippen molar-refractivity contribution in [3.8, 4) is 11.5 Å². The van der Waals surface area contributed by atoms with E-state index in [1.165, 1.54) is 18.5 Å². The molecule has 0 fully saturated rings. The second-order valence-corrected chi connectivity index (χ2v) is 5.85. The molecule has 0 radical (unpaired) electrons. The standard InChI is InChI=1S/C19H14F2N4O3/c20-13-3-1-11(7-14(13)21)25-19(26)15-9-18(23-10-22-15)24-12-2-4-16-17(8-12)28-6-5-27-16/h1-4,7-10H,5-6H2,(H,25,26)(H,22,23,24). The number of hydrogen-bond acceptors (Lipinski definition) is 6. The minimum atomic E-state index is -1.05. The predicted octanol–water partition coefficient (Wildman–Crippen LogP) is 3.52. The normalized spacial score (nSPS) is 12.4. The van der Waals surface area contributed by atoms with Crippen LogP contribution in [0.5, 0.6) is 11.5 Å². The van der Waals surface area contributed by atoms with Gasteiger partial charge in [0.2, 0.25) is 0 Å². The zero-order chi connectivity index (χ0) is 19.5. The average Bonchev–Trinajstić information content (AvgIpc) is 2.71. The molecule has 1 aromatic heterocycles. The van der Waals surface area contributed by atoms with Crippen LogP contribution in [0.4, 0.5) is 26.0 Å². The minimum absolute atomic E-state index is 0.0553. The summed E-state index contributed by atoms with van der Waals surface area (Å²) in [7, 11) is 0. The summed E-state index contributed by atoms with van der Waals surface area (Å²) >= 11 is 0. The summed E-state index contributed by atoms with van der Waals surface area (Å²) in [5.41, 5.74) is 0.860. The lowest BCUT2D eigenvalue weighted by Gasteiger charge is -2.19. The van der Waals surface area contributed by atoms with Crippen LogP contribution in [-0.4, -0.2) is 29.1 Å². The van der Waals surface area contributed by atoms with Gasteiger partial charge in [0.05, 0.1) is 0 Å². The molecular weight excluding hydrogens is 370 g/mol. The van der Waals surface area contributed by atoms with Gasteiger partial charge in [0.25, 0.3) is 5.91 Å². The van der Waals surface area contributed by atoms with Crippen LogP contribution in [-0.2, 0) is 0 Å². The van der Waals surface area contributed by atoms with Crippen molar-refractivity contribution in [1.29, 1.82) is 0 Å². The summed E-state index contributed by atoms with van der Waals surface area (Å²) in [6, 6.07) is 9.84. The zero-order valence-electron chi connectivity index (χ0n) is 14.4. The van der Waals surface area contributed by atoms with E-state index in [2.05, 4.69) is 20.6 Å². The number of fused-ring (bicyclic) bond motifs is 1. The second-order valence-electron chi connectivity index (χ2n) is 5.85. The van der Waals surface area contributed by atoms with Gasteiger partial charge in [-0.05, 0) is 24.3 Å². The first-order chi connectivity index (χ1) is 13.6. The van der Waals surface area contributed by atoms with Crippen molar-refractivity contribution in [1.82, 2.24) is 9.97 Å². The van der Waals surface area contributed by atoms with Crippen LogP contribution in [0.15, 0.2) is 48.8 Å². The van der Waals surface area contributed by atoms with E-state index in [0.29, 0.717) is 36.2 Å². The molecule has 1 amide bonds. The lowest BCUT2D eigenvalue weighted by Crippen LogP contribution is -2.15. The third-order valence-electron chi connectivity index (χ3n) is 3.89. The van der Waals surface area contributed by atoms with Gasteiger partial charge in [0, 0.05) is 29.6 Å². The number of amides is 1. The highest BCUT2D eigenvalue weighted by atomic mass is 19.2. The van der Waals surface area contributed by atoms with E-state index >= 15 is 0 Å². The molecule has 0 atom stereocenters. The van der Waals surface area contributed by atoms with Crippen LogP contribution in [0.3, 0.4) is 0 Å². The van der Waals surface area contributed by atoms with E-state index in [9.17, 15) is 13.6 Å². The first kappa shape index (κ1) is 17.7. The van der Waals surface area contributed by atoms with Gasteiger partial charge < -0.3 is 20.1 Å². The molecule has 7 nitrogen and oxygen atoms in total. The highest BCUT2D eigenvalue weighted by Gasteiger charge is 2.14. The van der Waals surface area contributed by atoms with Crippen LogP contribution in [0.2, 0.25) is 0 Å². The van der Waals surface area contributed by atoms with Crippen molar-refractivity contribution in [2.75, 3.05) is 23.8 Å². The monoisotopic (exact) mass is 384 g/mol. The highest BCUT2D eigenvalue weighted by molar-refractivity contribution is 6.03. The number of nitrogens with zero attached hydrogens (tertiary/aromatic N) is 2. The Hall–Kier alpha value is -3.75. The molecule has 2 aromatic carbocycles. The van der Waals surface area contributed by atoms with Gasteiger partial charge in [-0.1, -0.05) is 0 Å². The molecule has 0 spiro atoms. The van der Waals surface area contributed by atoms with E-state index in [1.54, 1.807) is 18.2 Å². The summed E-state index contributed by atoms with van der Waals surface area (Å²) < 4.78 is 37.3. The van der Waals surface area contributed by atoms with Gasteiger partial charge in [0.1, 0.15) is 31.1 Å². The first-order valence-corrected chi connectivity index (χ1v) is 8.33. The fraction of sp³-hybridized carbons (Fsp3) is 0.105. The maximum atomic E-state index is 13.3. The zero-order valence-corrected chi connectivity index (χ0v) is 14.4. The van der Waals surface area contributed by atoms with Crippen molar-refractivity contribution in [3.63, 3.8) is 0 Å². The molecule has 4 rings (SSSR count). The number of nitrogens with one attached hydrogen (secondary N) is 2. The number of benzene rings is 2. The van der Waals surface area contributed by atoms with Gasteiger partial charge in [-0.2, -0.15) is 0 Å². The molecule has 0 saturated carbocycles. The Kier molecular flexibility index (Phi) is 4.71. The molecule has 2 N–H and O–H groups in total. The number of anilines is 3. The van der Waals surface area contributed by atoms with Gasteiger partial charge in [-0.3, -0.25) is 4.79 Å². The van der Waals surface area contributed by atoms with E-state index in [1.807, 2.05) is 0 Å². The minimum Gasteiger partial charge on any atom is -0.486 e. The summed E-state index contributed by atoms with van der Waals surface area (Å²) in [5.74, 6) is -0.985. The molecule has 9 heteroatoms. The topological polar surface area (TPSA) is 85.4 Å². The Morgan fingerprint density at radius 2 is 1.68 bits per heavy atom. The summed E-state index contributed by atoms with van der Waals surface area (Å²) in [4.78, 5) is 20.3. The highest BCUT2D eigenvalue weighted by Crippen LogP contribution is 2.33. The van der Waals surface area contributed by atoms with Crippen molar-refractivity contribution in [3.05, 3.63) is 66.1 Å². The summed E-state index contributed by atoms with van der Waals surface area (Å²) in [5, 5.41) is 5.51. The number of aromatic nitrogens is 2. The van der Waals surface area contributed by atoms with Crippen LogP contribution in [0, 0.1) is 11.6 Å². The number of ether oxygens (including phenoxy) is 2. The quantitative estimate of drug-likeness (QED) is 0.716. The maximum Gasteiger partial charge on any atom is 0.274 e. The van der Waals surface area contributed by atoms with Crippen LogP contribution in [0.1, 0.15) is 10.5 Å². The van der Waals surface area contributed by atoms with Crippen LogP contribution in [0.25, 0.3) is 0 Å². The lowest BCUT2D eigenvalue weighted by atomic mass is 10.2. The number of hydrogen-bond donors (Lipinski definition) is 2. The largest absolute Gasteiger partial charge is 0.486 e. The number of halogens is 2. The molecule has 1 aliphatic rings. The first-order valence-electron chi connectivity index (χ1n) is 8.33. The maximum absolute atomic E-state index is 13.3. The lowest BCUT2D eigenvalue weighted by molar-refractivity contribution is 0.102. The fourth-order valence-electron chi connectivity index (χ4n) is 2.59. The van der Waals surface area contributed by atoms with E-state index in [4.69, 9.17) is 9.47 Å². The number of rotatable bonds is 4. The smallest absolute Gasteiger partial charge is 0.274 e. The van der Waals surface area contributed by atoms with Crippen molar-refractivity contribution < 1.29 is 23.0 Å². The molecule has 0 aliphatic carbocycles. The Bertz CT molecular complexity index is 1050. The Labute approximate surface area is 158 Å². The molecule has 2 heterocycles. The molecule has 0 unspecified atom stereocenters. The van der Waals surface area contributed by atoms with Crippen LogP contribution >= 0.6 is 0 Å². The Morgan fingerprint density at radius 1 is 0.893 bits per heavy atom. The third kappa shape index (κ3) is 3.83. The SMILES string of the molecule is O=C(Nc1ccc(F)c(F)c1)c1cc(Nc2ccc3c(c2)OCCO3)ncn1. The fourth-order valence-corrected chi connectivity index (χ4v) is 2.59. The molecule has 142 valence electrons. The average molecular weight is 384 g/mol. The molecule has 3 aromatic rings. The van der Waals surface area contributed by atoms with E-state index < -0.39 is 17.5 Å². The number of carbonyl (C=O) groups is 1. The summed E-state index contributed by atoms with van der Waals surface area (Å²) in [6.07, 6.45) is 1.22. The van der Waals surface area contributed by atoms with E-state index in [0.717, 1.165) is 12.1 Å². The molecule has 28 heavy (non-hydrogen) atoms. The van der Waals surface area contributed by atoms with Gasteiger partial charge in [0.15, 0.2) is 23.1 Å². The van der Waals surface area contributed by atoms with Gasteiger partial charge >= 0.3 is 0 Å². The van der Waals surface area contributed by atoms with Crippen LogP contribution < -0.4 is 20.1 Å². The van der Waals surface area contributed by atoms with Gasteiger partial charge in [-0.15, -0.1) is 0 Å². The van der Waals surface area contributed by atoms with Crippen molar-refractivity contribution in [2.24, 2.45) is 0 Å². The van der Waals surface area contributed by atoms with E-state index in [-0.39, 0.29) is 11.4 Å². The molecule has 1 aliphatic heterocycles. The predicted molar refractivity (Wildman–Crippen MR) is 97.1 cm³/mol. The molecule has 0 bridgehead atoms. The number of carbonyl (C=O) groups excluding carboxylic acids is 1. The van der Waals surface area contributed by atoms with Crippen molar-refractivity contribution >= 4 is 23.1 Å². The molecular formula is C19H14F2N4O3. The second kappa shape index (κ2) is 7.47. The summed E-state index contributed by atoms with van der Waals surface area (Å²) in [6.45, 7) is 0.973. The third-order valence-corrected chi connectivity index (χ3v) is 3.89. The Balaban J connectivity index is 1.49. The Morgan fingerprint density at radius 3 is 2.50 bits per heavy atom. The van der Waals surface area contributed by atoms with Gasteiger partial charge in [-0.25, -0.2) is 18.7 Å².